The third-order valence-electron chi connectivity index (χ3n) is 4.10. The van der Waals surface area contributed by atoms with E-state index < -0.39 is 5.60 Å². The average molecular weight is 312 g/mol. The molecule has 1 amide bonds. The molecular formula is C17H32N2O3. The van der Waals surface area contributed by atoms with E-state index in [-0.39, 0.29) is 6.09 Å². The number of rotatable bonds is 5. The zero-order valence-electron chi connectivity index (χ0n) is 14.7. The summed E-state index contributed by atoms with van der Waals surface area (Å²) < 4.78 is 11.3. The largest absolute Gasteiger partial charge is 0.444 e. The van der Waals surface area contributed by atoms with Crippen LogP contribution >= 0.6 is 0 Å². The summed E-state index contributed by atoms with van der Waals surface area (Å²) in [6.45, 7) is 11.5. The first-order valence-corrected chi connectivity index (χ1v) is 8.63. The number of amides is 1. The third kappa shape index (κ3) is 5.76. The quantitative estimate of drug-likeness (QED) is 0.848. The molecule has 2 aliphatic rings. The second kappa shape index (κ2) is 7.18. The SMILES string of the molecule is CC1CC(NCCN(C(=O)OC(C)(C)C)C2CC2)CC(C)O1. The number of carbonyl (C=O) groups is 1. The molecule has 1 heterocycles. The van der Waals surface area contributed by atoms with Crippen LogP contribution in [0.25, 0.3) is 0 Å². The lowest BCUT2D eigenvalue weighted by Crippen LogP contribution is -2.46. The van der Waals surface area contributed by atoms with Crippen molar-refractivity contribution in [1.29, 1.82) is 0 Å². The molecule has 1 saturated heterocycles. The monoisotopic (exact) mass is 312 g/mol. The first-order valence-electron chi connectivity index (χ1n) is 8.63. The summed E-state index contributed by atoms with van der Waals surface area (Å²) in [4.78, 5) is 14.2. The van der Waals surface area contributed by atoms with E-state index in [1.807, 2.05) is 25.7 Å². The molecule has 0 bridgehead atoms. The summed E-state index contributed by atoms with van der Waals surface area (Å²) >= 11 is 0. The smallest absolute Gasteiger partial charge is 0.410 e. The summed E-state index contributed by atoms with van der Waals surface area (Å²) in [6.07, 6.45) is 4.74. The number of hydrogen-bond donors (Lipinski definition) is 1. The molecule has 22 heavy (non-hydrogen) atoms. The maximum Gasteiger partial charge on any atom is 0.410 e. The Labute approximate surface area is 134 Å². The molecule has 0 aromatic rings. The predicted octanol–water partition coefficient (Wildman–Crippen LogP) is 2.93. The van der Waals surface area contributed by atoms with Crippen LogP contribution in [-0.2, 0) is 9.47 Å². The van der Waals surface area contributed by atoms with Crippen molar-refractivity contribution < 1.29 is 14.3 Å². The lowest BCUT2D eigenvalue weighted by atomic mass is 10.00. The number of nitrogens with one attached hydrogen (secondary N) is 1. The molecular weight excluding hydrogens is 280 g/mol. The maximum absolute atomic E-state index is 12.3. The molecule has 1 saturated carbocycles. The van der Waals surface area contributed by atoms with Gasteiger partial charge in [-0.3, -0.25) is 0 Å². The van der Waals surface area contributed by atoms with Gasteiger partial charge < -0.3 is 19.7 Å². The Morgan fingerprint density at radius 2 is 1.82 bits per heavy atom. The molecule has 2 rings (SSSR count). The van der Waals surface area contributed by atoms with Crippen molar-refractivity contribution in [3.8, 4) is 0 Å². The predicted molar refractivity (Wildman–Crippen MR) is 87.0 cm³/mol. The van der Waals surface area contributed by atoms with E-state index in [2.05, 4.69) is 19.2 Å². The molecule has 1 aliphatic heterocycles. The van der Waals surface area contributed by atoms with Crippen molar-refractivity contribution in [1.82, 2.24) is 10.2 Å². The van der Waals surface area contributed by atoms with Gasteiger partial charge in [-0.15, -0.1) is 0 Å². The third-order valence-corrected chi connectivity index (χ3v) is 4.10. The van der Waals surface area contributed by atoms with Gasteiger partial charge in [-0.05, 0) is 60.3 Å². The summed E-state index contributed by atoms with van der Waals surface area (Å²) in [5.74, 6) is 0. The van der Waals surface area contributed by atoms with Crippen LogP contribution < -0.4 is 5.32 Å². The number of ether oxygens (including phenoxy) is 2. The fourth-order valence-corrected chi connectivity index (χ4v) is 3.09. The van der Waals surface area contributed by atoms with Crippen molar-refractivity contribution in [3.05, 3.63) is 0 Å². The fourth-order valence-electron chi connectivity index (χ4n) is 3.09. The molecule has 0 aromatic carbocycles. The highest BCUT2D eigenvalue weighted by Crippen LogP contribution is 2.28. The topological polar surface area (TPSA) is 50.8 Å². The maximum atomic E-state index is 12.3. The Hall–Kier alpha value is -0.810. The van der Waals surface area contributed by atoms with Crippen LogP contribution in [0.15, 0.2) is 0 Å². The van der Waals surface area contributed by atoms with Crippen molar-refractivity contribution in [3.63, 3.8) is 0 Å². The van der Waals surface area contributed by atoms with E-state index in [0.717, 1.165) is 38.8 Å². The summed E-state index contributed by atoms with van der Waals surface area (Å²) in [7, 11) is 0. The Morgan fingerprint density at radius 1 is 1.23 bits per heavy atom. The van der Waals surface area contributed by atoms with Crippen LogP contribution in [0.2, 0.25) is 0 Å². The van der Waals surface area contributed by atoms with E-state index >= 15 is 0 Å². The van der Waals surface area contributed by atoms with Crippen molar-refractivity contribution in [2.75, 3.05) is 13.1 Å². The normalized spacial score (nSPS) is 29.2. The van der Waals surface area contributed by atoms with Crippen LogP contribution in [0.4, 0.5) is 4.79 Å². The first kappa shape index (κ1) is 17.5. The standard InChI is InChI=1S/C17H32N2O3/c1-12-10-14(11-13(2)21-12)18-8-9-19(15-6-7-15)16(20)22-17(3,4)5/h12-15,18H,6-11H2,1-5H3. The zero-order chi connectivity index (χ0) is 16.3. The number of carbonyl (C=O) groups excluding carboxylic acids is 1. The van der Waals surface area contributed by atoms with Crippen molar-refractivity contribution in [2.45, 2.75) is 90.2 Å². The van der Waals surface area contributed by atoms with Gasteiger partial charge in [-0.25, -0.2) is 4.79 Å². The van der Waals surface area contributed by atoms with Gasteiger partial charge >= 0.3 is 6.09 Å². The minimum absolute atomic E-state index is 0.175. The Bertz CT molecular complexity index is 367. The lowest BCUT2D eigenvalue weighted by molar-refractivity contribution is -0.0423. The van der Waals surface area contributed by atoms with Crippen LogP contribution in [0.5, 0.6) is 0 Å². The van der Waals surface area contributed by atoms with Crippen LogP contribution in [-0.4, -0.2) is 54.0 Å². The van der Waals surface area contributed by atoms with E-state index in [1.54, 1.807) is 0 Å². The molecule has 2 fully saturated rings. The number of nitrogens with zero attached hydrogens (tertiary/aromatic N) is 1. The highest BCUT2D eigenvalue weighted by Gasteiger charge is 2.35. The van der Waals surface area contributed by atoms with Crippen LogP contribution in [0, 0.1) is 0 Å². The van der Waals surface area contributed by atoms with Gasteiger partial charge in [0, 0.05) is 25.2 Å². The molecule has 1 N–H and O–H groups in total. The summed E-state index contributed by atoms with van der Waals surface area (Å²) in [5.41, 5.74) is -0.427. The molecule has 2 unspecified atom stereocenters. The van der Waals surface area contributed by atoms with Gasteiger partial charge in [0.1, 0.15) is 5.60 Å². The molecule has 1 aliphatic carbocycles. The van der Waals surface area contributed by atoms with E-state index in [1.165, 1.54) is 0 Å². The highest BCUT2D eigenvalue weighted by atomic mass is 16.6. The van der Waals surface area contributed by atoms with Gasteiger partial charge in [0.15, 0.2) is 0 Å². The Kier molecular flexibility index (Phi) is 5.72. The molecule has 128 valence electrons. The van der Waals surface area contributed by atoms with Gasteiger partial charge in [0.05, 0.1) is 12.2 Å². The molecule has 0 spiro atoms. The molecule has 5 heteroatoms. The fraction of sp³-hybridized carbons (Fsp3) is 0.941. The molecule has 2 atom stereocenters. The number of hydrogen-bond acceptors (Lipinski definition) is 4. The molecule has 0 radical (unpaired) electrons. The van der Waals surface area contributed by atoms with Crippen LogP contribution in [0.1, 0.15) is 60.3 Å². The summed E-state index contributed by atoms with van der Waals surface area (Å²) in [5, 5.41) is 3.58. The second-order valence-electron chi connectivity index (χ2n) is 7.78. The minimum Gasteiger partial charge on any atom is -0.444 e. The van der Waals surface area contributed by atoms with E-state index in [9.17, 15) is 4.79 Å². The summed E-state index contributed by atoms with van der Waals surface area (Å²) in [6, 6.07) is 0.864. The lowest BCUT2D eigenvalue weighted by Gasteiger charge is -2.33. The Balaban J connectivity index is 1.76. The van der Waals surface area contributed by atoms with Gasteiger partial charge in [0.2, 0.25) is 0 Å². The zero-order valence-corrected chi connectivity index (χ0v) is 14.7. The molecule has 0 aromatic heterocycles. The van der Waals surface area contributed by atoms with Crippen LogP contribution in [0.3, 0.4) is 0 Å². The highest BCUT2D eigenvalue weighted by molar-refractivity contribution is 5.69. The first-order chi connectivity index (χ1) is 10.2. The second-order valence-corrected chi connectivity index (χ2v) is 7.78. The van der Waals surface area contributed by atoms with Gasteiger partial charge in [-0.1, -0.05) is 0 Å². The molecule has 5 nitrogen and oxygen atoms in total. The van der Waals surface area contributed by atoms with Crippen molar-refractivity contribution in [2.24, 2.45) is 0 Å². The minimum atomic E-state index is -0.427. The van der Waals surface area contributed by atoms with Gasteiger partial charge in [-0.2, -0.15) is 0 Å². The Morgan fingerprint density at radius 3 is 2.32 bits per heavy atom. The van der Waals surface area contributed by atoms with E-state index in [4.69, 9.17) is 9.47 Å². The average Bonchev–Trinajstić information content (AvgIpc) is 3.15. The van der Waals surface area contributed by atoms with Gasteiger partial charge in [0.25, 0.3) is 0 Å². The van der Waals surface area contributed by atoms with E-state index in [0.29, 0.717) is 24.3 Å². The van der Waals surface area contributed by atoms with Crippen molar-refractivity contribution >= 4 is 6.09 Å².